The van der Waals surface area contributed by atoms with Crippen LogP contribution in [-0.4, -0.2) is 27.9 Å². The molecule has 2 aromatic rings. The summed E-state index contributed by atoms with van der Waals surface area (Å²) in [6.45, 7) is 1.12. The fraction of sp³-hybridized carbons (Fsp3) is 0.455. The van der Waals surface area contributed by atoms with Crippen molar-refractivity contribution in [1.82, 2.24) is 9.47 Å². The third-order valence-corrected chi connectivity index (χ3v) is 6.31. The Bertz CT molecular complexity index is 1040. The standard InChI is InChI=1S/C22H22ClF3N4/c1-14(22(24,25)26)29-11-5-10-28-21(29)20-18(13-27)17-12-15(23)8-9-19(17)30(20)16-6-3-2-4-7-16/h5,8-12,14,16,21H,2-4,6-7H2,1H3/t14-,21?/m0/s1. The molecule has 0 bridgehead atoms. The zero-order valence-electron chi connectivity index (χ0n) is 16.5. The minimum absolute atomic E-state index is 0.115. The van der Waals surface area contributed by atoms with Crippen molar-refractivity contribution in [3.05, 3.63) is 46.8 Å². The second kappa shape index (κ2) is 7.99. The lowest BCUT2D eigenvalue weighted by atomic mass is 9.94. The quantitative estimate of drug-likeness (QED) is 0.551. The molecule has 4 rings (SSSR count). The van der Waals surface area contributed by atoms with Gasteiger partial charge in [0, 0.05) is 28.9 Å². The molecule has 1 fully saturated rings. The molecule has 1 aliphatic carbocycles. The number of benzene rings is 1. The fourth-order valence-electron chi connectivity index (χ4n) is 4.56. The van der Waals surface area contributed by atoms with Gasteiger partial charge in [0.25, 0.3) is 0 Å². The normalized spacial score (nSPS) is 21.2. The van der Waals surface area contributed by atoms with E-state index in [0.29, 0.717) is 21.7 Å². The van der Waals surface area contributed by atoms with E-state index in [1.54, 1.807) is 12.1 Å². The number of hydrogen-bond donors (Lipinski definition) is 0. The Hall–Kier alpha value is -2.46. The molecular weight excluding hydrogens is 413 g/mol. The van der Waals surface area contributed by atoms with E-state index < -0.39 is 18.4 Å². The molecule has 158 valence electrons. The number of nitriles is 1. The maximum atomic E-state index is 13.6. The third kappa shape index (κ3) is 3.58. The molecule has 2 heterocycles. The Morgan fingerprint density at radius 1 is 1.23 bits per heavy atom. The van der Waals surface area contributed by atoms with E-state index >= 15 is 0 Å². The summed E-state index contributed by atoms with van der Waals surface area (Å²) in [5, 5.41) is 11.2. The molecule has 0 amide bonds. The minimum atomic E-state index is -4.42. The molecule has 0 spiro atoms. The van der Waals surface area contributed by atoms with Gasteiger partial charge in [0.2, 0.25) is 0 Å². The smallest absolute Gasteiger partial charge is 0.339 e. The van der Waals surface area contributed by atoms with Crippen LogP contribution in [0.25, 0.3) is 10.9 Å². The van der Waals surface area contributed by atoms with Crippen LogP contribution in [0.4, 0.5) is 13.2 Å². The van der Waals surface area contributed by atoms with Crippen molar-refractivity contribution in [2.75, 3.05) is 0 Å². The van der Waals surface area contributed by atoms with Gasteiger partial charge >= 0.3 is 6.18 Å². The zero-order valence-corrected chi connectivity index (χ0v) is 17.3. The SMILES string of the molecule is C[C@H](N1C=CC=NC1c1c(C#N)c2cc(Cl)ccc2n1C1CCCCC1)C(F)(F)F. The Kier molecular flexibility index (Phi) is 5.54. The third-order valence-electron chi connectivity index (χ3n) is 6.07. The number of halogens is 4. The summed E-state index contributed by atoms with van der Waals surface area (Å²) in [6.07, 6.45) is 4.14. The summed E-state index contributed by atoms with van der Waals surface area (Å²) in [5.74, 6) is 0. The summed E-state index contributed by atoms with van der Waals surface area (Å²) >= 11 is 6.20. The Balaban J connectivity index is 1.95. The largest absolute Gasteiger partial charge is 0.408 e. The molecule has 30 heavy (non-hydrogen) atoms. The number of alkyl halides is 3. The molecule has 1 aromatic carbocycles. The van der Waals surface area contributed by atoms with Gasteiger partial charge in [-0.05, 0) is 44.0 Å². The summed E-state index contributed by atoms with van der Waals surface area (Å²) in [5.41, 5.74) is 1.68. The summed E-state index contributed by atoms with van der Waals surface area (Å²) in [6, 6.07) is 5.94. The molecular formula is C22H22ClF3N4. The van der Waals surface area contributed by atoms with Crippen molar-refractivity contribution in [2.24, 2.45) is 4.99 Å². The van der Waals surface area contributed by atoms with E-state index in [2.05, 4.69) is 15.6 Å². The minimum Gasteiger partial charge on any atom is -0.339 e. The van der Waals surface area contributed by atoms with Crippen LogP contribution in [0.5, 0.6) is 0 Å². The molecule has 1 saturated carbocycles. The lowest BCUT2D eigenvalue weighted by Crippen LogP contribution is -2.43. The maximum Gasteiger partial charge on any atom is 0.408 e. The molecule has 0 radical (unpaired) electrons. The van der Waals surface area contributed by atoms with Crippen molar-refractivity contribution < 1.29 is 13.2 Å². The van der Waals surface area contributed by atoms with Crippen LogP contribution in [0.15, 0.2) is 35.5 Å². The molecule has 4 nitrogen and oxygen atoms in total. The zero-order chi connectivity index (χ0) is 21.5. The average molecular weight is 435 g/mol. The Morgan fingerprint density at radius 3 is 2.63 bits per heavy atom. The van der Waals surface area contributed by atoms with Crippen LogP contribution < -0.4 is 0 Å². The molecule has 0 N–H and O–H groups in total. The van der Waals surface area contributed by atoms with E-state index in [4.69, 9.17) is 11.6 Å². The van der Waals surface area contributed by atoms with Crippen molar-refractivity contribution >= 4 is 28.7 Å². The van der Waals surface area contributed by atoms with Gasteiger partial charge in [-0.1, -0.05) is 30.9 Å². The van der Waals surface area contributed by atoms with Crippen LogP contribution in [0.1, 0.15) is 62.5 Å². The van der Waals surface area contributed by atoms with Gasteiger partial charge < -0.3 is 9.47 Å². The van der Waals surface area contributed by atoms with Gasteiger partial charge in [0.05, 0.1) is 16.8 Å². The topological polar surface area (TPSA) is 44.3 Å². The molecule has 1 aliphatic heterocycles. The second-order valence-electron chi connectivity index (χ2n) is 7.87. The Labute approximate surface area is 178 Å². The first-order valence-corrected chi connectivity index (χ1v) is 10.5. The van der Waals surface area contributed by atoms with Crippen molar-refractivity contribution in [2.45, 2.75) is 63.5 Å². The van der Waals surface area contributed by atoms with Crippen LogP contribution in [0, 0.1) is 11.3 Å². The monoisotopic (exact) mass is 434 g/mol. The Morgan fingerprint density at radius 2 is 1.97 bits per heavy atom. The highest BCUT2D eigenvalue weighted by Crippen LogP contribution is 2.43. The summed E-state index contributed by atoms with van der Waals surface area (Å²) in [4.78, 5) is 5.60. The van der Waals surface area contributed by atoms with E-state index in [1.807, 2.05) is 6.07 Å². The van der Waals surface area contributed by atoms with Gasteiger partial charge in [0.15, 0.2) is 6.17 Å². The lowest BCUT2D eigenvalue weighted by molar-refractivity contribution is -0.177. The maximum absolute atomic E-state index is 13.6. The molecule has 1 aromatic heterocycles. The van der Waals surface area contributed by atoms with E-state index in [1.165, 1.54) is 23.4 Å². The van der Waals surface area contributed by atoms with Gasteiger partial charge in [-0.2, -0.15) is 18.4 Å². The first-order chi connectivity index (χ1) is 14.3. The van der Waals surface area contributed by atoms with E-state index in [9.17, 15) is 18.4 Å². The van der Waals surface area contributed by atoms with E-state index in [0.717, 1.165) is 44.5 Å². The number of hydrogen-bond acceptors (Lipinski definition) is 3. The predicted octanol–water partition coefficient (Wildman–Crippen LogP) is 6.52. The highest BCUT2D eigenvalue weighted by molar-refractivity contribution is 6.31. The van der Waals surface area contributed by atoms with Gasteiger partial charge in [0.1, 0.15) is 12.1 Å². The van der Waals surface area contributed by atoms with Gasteiger partial charge in [-0.25, -0.2) is 0 Å². The first kappa shape index (κ1) is 20.8. The van der Waals surface area contributed by atoms with Crippen molar-refractivity contribution in [3.63, 3.8) is 0 Å². The van der Waals surface area contributed by atoms with Crippen LogP contribution in [-0.2, 0) is 0 Å². The molecule has 0 saturated heterocycles. The lowest BCUT2D eigenvalue weighted by Gasteiger charge is -2.37. The van der Waals surface area contributed by atoms with Crippen LogP contribution >= 0.6 is 11.6 Å². The number of rotatable bonds is 3. The summed E-state index contributed by atoms with van der Waals surface area (Å²) < 4.78 is 42.9. The molecule has 2 atom stereocenters. The number of allylic oxidation sites excluding steroid dienone is 1. The van der Waals surface area contributed by atoms with Crippen LogP contribution in [0.3, 0.4) is 0 Å². The van der Waals surface area contributed by atoms with Gasteiger partial charge in [-0.15, -0.1) is 0 Å². The molecule has 8 heteroatoms. The first-order valence-electron chi connectivity index (χ1n) is 10.1. The number of aliphatic imine (C=N–C) groups is 1. The summed E-state index contributed by atoms with van der Waals surface area (Å²) in [7, 11) is 0. The average Bonchev–Trinajstić information content (AvgIpc) is 3.06. The van der Waals surface area contributed by atoms with Crippen LogP contribution in [0.2, 0.25) is 5.02 Å². The highest BCUT2D eigenvalue weighted by atomic mass is 35.5. The van der Waals surface area contributed by atoms with Crippen molar-refractivity contribution in [1.29, 1.82) is 5.26 Å². The predicted molar refractivity (Wildman–Crippen MR) is 112 cm³/mol. The van der Waals surface area contributed by atoms with Gasteiger partial charge in [-0.3, -0.25) is 4.99 Å². The second-order valence-corrected chi connectivity index (χ2v) is 8.31. The number of nitrogens with zero attached hydrogens (tertiary/aromatic N) is 4. The fourth-order valence-corrected chi connectivity index (χ4v) is 4.73. The number of aromatic nitrogens is 1. The highest BCUT2D eigenvalue weighted by Gasteiger charge is 2.44. The van der Waals surface area contributed by atoms with Crippen molar-refractivity contribution in [3.8, 4) is 6.07 Å². The molecule has 1 unspecified atom stereocenters. The van der Waals surface area contributed by atoms with E-state index in [-0.39, 0.29) is 6.04 Å². The molecule has 2 aliphatic rings. The number of fused-ring (bicyclic) bond motifs is 1.